The first kappa shape index (κ1) is 12.9. The van der Waals surface area contributed by atoms with Crippen molar-refractivity contribution >= 4 is 5.91 Å². The Hall–Kier alpha value is -1.55. The summed E-state index contributed by atoms with van der Waals surface area (Å²) in [6.45, 7) is 3.05. The van der Waals surface area contributed by atoms with Crippen molar-refractivity contribution in [1.29, 1.82) is 0 Å². The zero-order valence-corrected chi connectivity index (χ0v) is 10.6. The number of nitrogens with one attached hydrogen (secondary N) is 1. The van der Waals surface area contributed by atoms with Crippen LogP contribution in [0.25, 0.3) is 0 Å². The first-order chi connectivity index (χ1) is 8.66. The highest BCUT2D eigenvalue weighted by molar-refractivity contribution is 5.94. The highest BCUT2D eigenvalue weighted by Crippen LogP contribution is 2.25. The van der Waals surface area contributed by atoms with Crippen LogP contribution < -0.4 is 10.1 Å². The van der Waals surface area contributed by atoms with E-state index in [1.54, 1.807) is 13.0 Å². The van der Waals surface area contributed by atoms with Crippen LogP contribution in [-0.4, -0.2) is 30.3 Å². The Morgan fingerprint density at radius 3 is 3.17 bits per heavy atom. The topological polar surface area (TPSA) is 58.6 Å². The molecule has 1 atom stereocenters. The number of aliphatic hydroxyl groups is 1. The molecule has 0 radical (unpaired) electrons. The number of carbonyl (C=O) groups excluding carboxylic acids is 1. The maximum atomic E-state index is 11.9. The first-order valence-electron chi connectivity index (χ1n) is 6.39. The Kier molecular flexibility index (Phi) is 4.20. The van der Waals surface area contributed by atoms with Gasteiger partial charge in [-0.25, -0.2) is 0 Å². The molecule has 1 amide bonds. The summed E-state index contributed by atoms with van der Waals surface area (Å²) in [5.74, 6) is 0.830. The van der Waals surface area contributed by atoms with Gasteiger partial charge in [-0.15, -0.1) is 0 Å². The maximum Gasteiger partial charge on any atom is 0.251 e. The number of aliphatic hydroxyl groups excluding tert-OH is 1. The molecule has 1 aromatic carbocycles. The summed E-state index contributed by atoms with van der Waals surface area (Å²) in [5.41, 5.74) is 1.78. The van der Waals surface area contributed by atoms with Crippen LogP contribution >= 0.6 is 0 Å². The minimum absolute atomic E-state index is 0.0599. The number of carbonyl (C=O) groups is 1. The van der Waals surface area contributed by atoms with Crippen molar-refractivity contribution in [1.82, 2.24) is 5.32 Å². The fourth-order valence-corrected chi connectivity index (χ4v) is 2.03. The summed E-state index contributed by atoms with van der Waals surface area (Å²) in [4.78, 5) is 11.9. The van der Waals surface area contributed by atoms with Gasteiger partial charge in [0.15, 0.2) is 0 Å². The summed E-state index contributed by atoms with van der Waals surface area (Å²) >= 11 is 0. The van der Waals surface area contributed by atoms with Crippen molar-refractivity contribution in [3.8, 4) is 5.75 Å². The van der Waals surface area contributed by atoms with E-state index in [2.05, 4.69) is 5.32 Å². The molecule has 2 rings (SSSR count). The van der Waals surface area contributed by atoms with Gasteiger partial charge in [0.1, 0.15) is 5.75 Å². The van der Waals surface area contributed by atoms with E-state index in [1.165, 1.54) is 0 Å². The SMILES string of the molecule is CC(O)CCCNC(=O)c1ccc2c(c1)CCO2. The van der Waals surface area contributed by atoms with Crippen LogP contribution in [0.4, 0.5) is 0 Å². The number of amides is 1. The zero-order valence-electron chi connectivity index (χ0n) is 10.6. The van der Waals surface area contributed by atoms with Gasteiger partial charge >= 0.3 is 0 Å². The smallest absolute Gasteiger partial charge is 0.251 e. The Balaban J connectivity index is 1.85. The lowest BCUT2D eigenvalue weighted by Gasteiger charge is -2.07. The number of rotatable bonds is 5. The van der Waals surface area contributed by atoms with Crippen molar-refractivity contribution in [3.05, 3.63) is 29.3 Å². The minimum Gasteiger partial charge on any atom is -0.493 e. The molecule has 98 valence electrons. The van der Waals surface area contributed by atoms with E-state index < -0.39 is 0 Å². The molecule has 0 saturated carbocycles. The molecular weight excluding hydrogens is 230 g/mol. The molecular formula is C14H19NO3. The maximum absolute atomic E-state index is 11.9. The Labute approximate surface area is 107 Å². The zero-order chi connectivity index (χ0) is 13.0. The molecule has 4 heteroatoms. The van der Waals surface area contributed by atoms with Gasteiger partial charge in [-0.1, -0.05) is 0 Å². The standard InChI is InChI=1S/C14H19NO3/c1-10(16)3-2-7-15-14(17)12-4-5-13-11(9-12)6-8-18-13/h4-5,9-10,16H,2-3,6-8H2,1H3,(H,15,17). The van der Waals surface area contributed by atoms with E-state index in [0.717, 1.165) is 24.2 Å². The van der Waals surface area contributed by atoms with E-state index in [4.69, 9.17) is 9.84 Å². The third-order valence-corrected chi connectivity index (χ3v) is 3.04. The quantitative estimate of drug-likeness (QED) is 0.778. The van der Waals surface area contributed by atoms with Crippen molar-refractivity contribution in [2.24, 2.45) is 0 Å². The highest BCUT2D eigenvalue weighted by Gasteiger charge is 2.14. The second-order valence-corrected chi connectivity index (χ2v) is 4.67. The molecule has 1 aliphatic rings. The Morgan fingerprint density at radius 2 is 2.39 bits per heavy atom. The van der Waals surface area contributed by atoms with Gasteiger partial charge in [0.05, 0.1) is 12.7 Å². The molecule has 0 fully saturated rings. The van der Waals surface area contributed by atoms with Crippen LogP contribution in [0.15, 0.2) is 18.2 Å². The van der Waals surface area contributed by atoms with Crippen LogP contribution in [0.3, 0.4) is 0 Å². The van der Waals surface area contributed by atoms with Crippen molar-refractivity contribution < 1.29 is 14.6 Å². The van der Waals surface area contributed by atoms with Crippen molar-refractivity contribution in [3.63, 3.8) is 0 Å². The summed E-state index contributed by atoms with van der Waals surface area (Å²) in [7, 11) is 0. The van der Waals surface area contributed by atoms with Gasteiger partial charge in [0.25, 0.3) is 5.91 Å². The molecule has 0 bridgehead atoms. The van der Waals surface area contributed by atoms with E-state index in [9.17, 15) is 4.79 Å². The van der Waals surface area contributed by atoms with E-state index in [-0.39, 0.29) is 12.0 Å². The van der Waals surface area contributed by atoms with Crippen LogP contribution in [0, 0.1) is 0 Å². The van der Waals surface area contributed by atoms with Crippen LogP contribution in [0.2, 0.25) is 0 Å². The molecule has 1 aromatic rings. The summed E-state index contributed by atoms with van der Waals surface area (Å²) in [6.07, 6.45) is 2.06. The second kappa shape index (κ2) is 5.87. The van der Waals surface area contributed by atoms with Gasteiger partial charge < -0.3 is 15.2 Å². The van der Waals surface area contributed by atoms with E-state index >= 15 is 0 Å². The molecule has 0 aromatic heterocycles. The van der Waals surface area contributed by atoms with Crippen molar-refractivity contribution in [2.75, 3.05) is 13.2 Å². The van der Waals surface area contributed by atoms with E-state index in [0.29, 0.717) is 25.1 Å². The largest absolute Gasteiger partial charge is 0.493 e. The fourth-order valence-electron chi connectivity index (χ4n) is 2.03. The monoisotopic (exact) mass is 249 g/mol. The van der Waals surface area contributed by atoms with Gasteiger partial charge in [-0.2, -0.15) is 0 Å². The molecule has 4 nitrogen and oxygen atoms in total. The molecule has 0 saturated heterocycles. The molecule has 0 spiro atoms. The number of hydrogen-bond donors (Lipinski definition) is 2. The minimum atomic E-state index is -0.306. The van der Waals surface area contributed by atoms with Crippen molar-refractivity contribution in [2.45, 2.75) is 32.3 Å². The number of hydrogen-bond acceptors (Lipinski definition) is 3. The van der Waals surface area contributed by atoms with Crippen LogP contribution in [0.1, 0.15) is 35.7 Å². The normalized spacial score (nSPS) is 14.8. The second-order valence-electron chi connectivity index (χ2n) is 4.67. The molecule has 2 N–H and O–H groups in total. The lowest BCUT2D eigenvalue weighted by molar-refractivity contribution is 0.0949. The number of fused-ring (bicyclic) bond motifs is 1. The molecule has 1 heterocycles. The average molecular weight is 249 g/mol. The summed E-state index contributed by atoms with van der Waals surface area (Å²) < 4.78 is 5.40. The van der Waals surface area contributed by atoms with Crippen LogP contribution in [-0.2, 0) is 6.42 Å². The first-order valence-corrected chi connectivity index (χ1v) is 6.39. The van der Waals surface area contributed by atoms with Gasteiger partial charge in [-0.05, 0) is 43.5 Å². The predicted molar refractivity (Wildman–Crippen MR) is 68.9 cm³/mol. The van der Waals surface area contributed by atoms with Crippen LogP contribution in [0.5, 0.6) is 5.75 Å². The molecule has 0 aliphatic carbocycles. The van der Waals surface area contributed by atoms with E-state index in [1.807, 2.05) is 12.1 Å². The highest BCUT2D eigenvalue weighted by atomic mass is 16.5. The van der Waals surface area contributed by atoms with Gasteiger partial charge in [-0.3, -0.25) is 4.79 Å². The Morgan fingerprint density at radius 1 is 1.56 bits per heavy atom. The third-order valence-electron chi connectivity index (χ3n) is 3.04. The molecule has 18 heavy (non-hydrogen) atoms. The lowest BCUT2D eigenvalue weighted by atomic mass is 10.1. The summed E-state index contributed by atoms with van der Waals surface area (Å²) in [6, 6.07) is 5.54. The van der Waals surface area contributed by atoms with Gasteiger partial charge in [0, 0.05) is 18.5 Å². The number of ether oxygens (including phenoxy) is 1. The summed E-state index contributed by atoms with van der Waals surface area (Å²) in [5, 5.41) is 12.0. The Bertz CT molecular complexity index is 429. The molecule has 1 unspecified atom stereocenters. The average Bonchev–Trinajstić information content (AvgIpc) is 2.81. The predicted octanol–water partition coefficient (Wildman–Crippen LogP) is 1.51. The molecule has 1 aliphatic heterocycles. The fraction of sp³-hybridized carbons (Fsp3) is 0.500. The lowest BCUT2D eigenvalue weighted by Crippen LogP contribution is -2.25. The van der Waals surface area contributed by atoms with Gasteiger partial charge in [0.2, 0.25) is 0 Å². The third kappa shape index (κ3) is 3.23. The number of benzene rings is 1.